The van der Waals surface area contributed by atoms with Gasteiger partial charge < -0.3 is 5.11 Å². The maximum absolute atomic E-state index is 11.1. The Morgan fingerprint density at radius 3 is 2.50 bits per heavy atom. The zero-order valence-electron chi connectivity index (χ0n) is 11.1. The fourth-order valence-corrected chi connectivity index (χ4v) is 2.25. The zero-order valence-corrected chi connectivity index (χ0v) is 11.1. The molecule has 0 amide bonds. The highest BCUT2D eigenvalue weighted by Crippen LogP contribution is 2.28. The summed E-state index contributed by atoms with van der Waals surface area (Å²) in [5.74, 6) is -0.717. The first-order valence-corrected chi connectivity index (χ1v) is 6.62. The van der Waals surface area contributed by atoms with E-state index < -0.39 is 5.97 Å². The average molecular weight is 247 g/mol. The second-order valence-corrected chi connectivity index (χ2v) is 5.22. The van der Waals surface area contributed by atoms with Crippen LogP contribution in [0.25, 0.3) is 0 Å². The Bertz CT molecular complexity index is 409. The quantitative estimate of drug-likeness (QED) is 0.839. The molecular weight excluding hydrogens is 226 g/mol. The SMILES string of the molecule is Cc1ccc(CCN(C2CC2)C(C)C(=O)O)cc1. The van der Waals surface area contributed by atoms with Gasteiger partial charge >= 0.3 is 5.97 Å². The summed E-state index contributed by atoms with van der Waals surface area (Å²) in [7, 11) is 0. The molecular formula is C15H21NO2. The largest absolute Gasteiger partial charge is 0.480 e. The smallest absolute Gasteiger partial charge is 0.320 e. The van der Waals surface area contributed by atoms with Crippen molar-refractivity contribution in [2.45, 2.75) is 45.2 Å². The molecule has 0 aromatic heterocycles. The number of rotatable bonds is 6. The topological polar surface area (TPSA) is 40.5 Å². The number of hydrogen-bond acceptors (Lipinski definition) is 2. The van der Waals surface area contributed by atoms with Gasteiger partial charge in [0.25, 0.3) is 0 Å². The summed E-state index contributed by atoms with van der Waals surface area (Å²) in [5, 5.41) is 9.12. The molecule has 0 spiro atoms. The molecule has 1 aliphatic carbocycles. The lowest BCUT2D eigenvalue weighted by molar-refractivity contribution is -0.142. The maximum Gasteiger partial charge on any atom is 0.320 e. The van der Waals surface area contributed by atoms with Crippen LogP contribution in [-0.2, 0) is 11.2 Å². The van der Waals surface area contributed by atoms with Crippen LogP contribution in [0.1, 0.15) is 30.9 Å². The van der Waals surface area contributed by atoms with Crippen molar-refractivity contribution in [3.05, 3.63) is 35.4 Å². The predicted molar refractivity (Wildman–Crippen MR) is 71.7 cm³/mol. The fourth-order valence-electron chi connectivity index (χ4n) is 2.25. The van der Waals surface area contributed by atoms with Gasteiger partial charge in [-0.25, -0.2) is 0 Å². The summed E-state index contributed by atoms with van der Waals surface area (Å²) in [4.78, 5) is 13.2. The molecule has 0 bridgehead atoms. The summed E-state index contributed by atoms with van der Waals surface area (Å²) in [6.07, 6.45) is 3.21. The third-order valence-corrected chi connectivity index (χ3v) is 3.65. The molecule has 1 saturated carbocycles. The molecule has 0 aliphatic heterocycles. The Balaban J connectivity index is 1.93. The van der Waals surface area contributed by atoms with Gasteiger partial charge in [-0.3, -0.25) is 9.69 Å². The molecule has 1 aromatic carbocycles. The Hall–Kier alpha value is -1.35. The van der Waals surface area contributed by atoms with E-state index in [2.05, 4.69) is 36.1 Å². The van der Waals surface area contributed by atoms with Crippen LogP contribution in [0.15, 0.2) is 24.3 Å². The number of nitrogens with zero attached hydrogens (tertiary/aromatic N) is 1. The van der Waals surface area contributed by atoms with E-state index in [1.54, 1.807) is 6.92 Å². The zero-order chi connectivity index (χ0) is 13.1. The third-order valence-electron chi connectivity index (χ3n) is 3.65. The minimum atomic E-state index is -0.717. The molecule has 2 rings (SSSR count). The van der Waals surface area contributed by atoms with Gasteiger partial charge in [-0.1, -0.05) is 29.8 Å². The highest BCUT2D eigenvalue weighted by Gasteiger charge is 2.34. The molecule has 3 nitrogen and oxygen atoms in total. The highest BCUT2D eigenvalue weighted by atomic mass is 16.4. The van der Waals surface area contributed by atoms with Gasteiger partial charge in [0.1, 0.15) is 6.04 Å². The molecule has 1 N–H and O–H groups in total. The van der Waals surface area contributed by atoms with Crippen LogP contribution in [-0.4, -0.2) is 34.6 Å². The number of aliphatic carboxylic acids is 1. The van der Waals surface area contributed by atoms with Crippen molar-refractivity contribution in [1.29, 1.82) is 0 Å². The second kappa shape index (κ2) is 5.53. The molecule has 1 unspecified atom stereocenters. The van der Waals surface area contributed by atoms with E-state index in [-0.39, 0.29) is 6.04 Å². The van der Waals surface area contributed by atoms with E-state index in [9.17, 15) is 4.79 Å². The van der Waals surface area contributed by atoms with Crippen molar-refractivity contribution in [2.24, 2.45) is 0 Å². The summed E-state index contributed by atoms with van der Waals surface area (Å²) in [6, 6.07) is 8.59. The van der Waals surface area contributed by atoms with Gasteiger partial charge in [-0.2, -0.15) is 0 Å². The number of carbonyl (C=O) groups is 1. The maximum atomic E-state index is 11.1. The number of aryl methyl sites for hydroxylation is 1. The molecule has 0 heterocycles. The normalized spacial score (nSPS) is 16.8. The van der Waals surface area contributed by atoms with Gasteiger partial charge in [0.2, 0.25) is 0 Å². The first-order chi connectivity index (χ1) is 8.58. The third kappa shape index (κ3) is 3.33. The van der Waals surface area contributed by atoms with Crippen LogP contribution < -0.4 is 0 Å². The second-order valence-electron chi connectivity index (χ2n) is 5.22. The number of carboxylic acid groups (broad SMARTS) is 1. The van der Waals surface area contributed by atoms with Crippen molar-refractivity contribution >= 4 is 5.97 Å². The summed E-state index contributed by atoms with van der Waals surface area (Å²) >= 11 is 0. The first-order valence-electron chi connectivity index (χ1n) is 6.62. The van der Waals surface area contributed by atoms with E-state index >= 15 is 0 Å². The molecule has 98 valence electrons. The Kier molecular flexibility index (Phi) is 4.02. The molecule has 18 heavy (non-hydrogen) atoms. The Morgan fingerprint density at radius 2 is 2.00 bits per heavy atom. The lowest BCUT2D eigenvalue weighted by atomic mass is 10.1. The first kappa shape index (κ1) is 13.1. The van der Waals surface area contributed by atoms with E-state index in [0.29, 0.717) is 6.04 Å². The fraction of sp³-hybridized carbons (Fsp3) is 0.533. The van der Waals surface area contributed by atoms with Crippen molar-refractivity contribution in [1.82, 2.24) is 4.90 Å². The summed E-state index contributed by atoms with van der Waals surface area (Å²) < 4.78 is 0. The molecule has 0 saturated heterocycles. The van der Waals surface area contributed by atoms with Gasteiger partial charge in [0.05, 0.1) is 0 Å². The number of benzene rings is 1. The van der Waals surface area contributed by atoms with Crippen molar-refractivity contribution in [2.75, 3.05) is 6.54 Å². The van der Waals surface area contributed by atoms with E-state index in [4.69, 9.17) is 5.11 Å². The van der Waals surface area contributed by atoms with Crippen LogP contribution in [0.4, 0.5) is 0 Å². The predicted octanol–water partition coefficient (Wildman–Crippen LogP) is 2.48. The van der Waals surface area contributed by atoms with Gasteiger partial charge in [0.15, 0.2) is 0 Å². The van der Waals surface area contributed by atoms with Crippen molar-refractivity contribution in [3.8, 4) is 0 Å². The summed E-state index contributed by atoms with van der Waals surface area (Å²) in [5.41, 5.74) is 2.54. The van der Waals surface area contributed by atoms with Gasteiger partial charge in [-0.05, 0) is 38.7 Å². The van der Waals surface area contributed by atoms with Crippen molar-refractivity contribution < 1.29 is 9.90 Å². The standard InChI is InChI=1S/C15H21NO2/c1-11-3-5-13(6-4-11)9-10-16(14-7-8-14)12(2)15(17)18/h3-6,12,14H,7-10H2,1-2H3,(H,17,18). The monoisotopic (exact) mass is 247 g/mol. The summed E-state index contributed by atoms with van der Waals surface area (Å²) in [6.45, 7) is 4.70. The molecule has 0 radical (unpaired) electrons. The van der Waals surface area contributed by atoms with E-state index in [1.165, 1.54) is 11.1 Å². The van der Waals surface area contributed by atoms with E-state index in [0.717, 1.165) is 25.8 Å². The van der Waals surface area contributed by atoms with E-state index in [1.807, 2.05) is 0 Å². The molecule has 1 aliphatic rings. The lowest BCUT2D eigenvalue weighted by Crippen LogP contribution is -2.41. The Morgan fingerprint density at radius 1 is 1.39 bits per heavy atom. The number of hydrogen-bond donors (Lipinski definition) is 1. The highest BCUT2D eigenvalue weighted by molar-refractivity contribution is 5.73. The molecule has 1 fully saturated rings. The van der Waals surface area contributed by atoms with Gasteiger partial charge in [-0.15, -0.1) is 0 Å². The lowest BCUT2D eigenvalue weighted by Gasteiger charge is -2.26. The van der Waals surface area contributed by atoms with Crippen LogP contribution in [0.5, 0.6) is 0 Å². The van der Waals surface area contributed by atoms with Crippen LogP contribution in [0.2, 0.25) is 0 Å². The number of carboxylic acids is 1. The Labute approximate surface area is 108 Å². The van der Waals surface area contributed by atoms with Crippen LogP contribution in [0, 0.1) is 6.92 Å². The molecule has 3 heteroatoms. The van der Waals surface area contributed by atoms with Crippen LogP contribution in [0.3, 0.4) is 0 Å². The molecule has 1 aromatic rings. The van der Waals surface area contributed by atoms with Gasteiger partial charge in [0, 0.05) is 12.6 Å². The minimum absolute atomic E-state index is 0.372. The average Bonchev–Trinajstić information content (AvgIpc) is 3.16. The molecule has 1 atom stereocenters. The van der Waals surface area contributed by atoms with Crippen molar-refractivity contribution in [3.63, 3.8) is 0 Å². The van der Waals surface area contributed by atoms with Crippen LogP contribution >= 0.6 is 0 Å². The minimum Gasteiger partial charge on any atom is -0.480 e.